The number of aliphatic hydroxyl groups is 3. The van der Waals surface area contributed by atoms with E-state index >= 15 is 0 Å². The molecule has 0 radical (unpaired) electrons. The second-order valence-electron chi connectivity index (χ2n) is 26.4. The van der Waals surface area contributed by atoms with Gasteiger partial charge in [-0.2, -0.15) is 0 Å². The van der Waals surface area contributed by atoms with Crippen LogP contribution in [0.4, 0.5) is 0 Å². The Bertz CT molecular complexity index is 1710. The van der Waals surface area contributed by atoms with E-state index in [4.69, 9.17) is 53.1 Å². The van der Waals surface area contributed by atoms with Crippen LogP contribution in [0, 0.1) is 0 Å². The Kier molecular flexibility index (Phi) is 39.0. The number of carbonyl (C=O) groups excluding carboxylic acids is 3. The highest BCUT2D eigenvalue weighted by Gasteiger charge is 2.49. The molecule has 0 saturated heterocycles. The molecule has 0 aromatic rings. The number of hydrogen-bond donors (Lipinski definition) is 3. The molecule has 3 N–H and O–H groups in total. The first-order valence-corrected chi connectivity index (χ1v) is 55.4. The largest absolute Gasteiger partial charge is 0.469 e. The van der Waals surface area contributed by atoms with Gasteiger partial charge in [-0.1, -0.05) is 19.7 Å². The van der Waals surface area contributed by atoms with Crippen molar-refractivity contribution < 1.29 is 82.8 Å². The van der Waals surface area contributed by atoms with Crippen molar-refractivity contribution in [2.24, 2.45) is 0 Å². The molecule has 78 heavy (non-hydrogen) atoms. The molecular weight excluding hydrogens is 1150 g/mol. The number of esters is 3. The van der Waals surface area contributed by atoms with Crippen LogP contribution < -0.4 is 0 Å². The van der Waals surface area contributed by atoms with Gasteiger partial charge in [-0.25, -0.2) is 14.4 Å². The van der Waals surface area contributed by atoms with Gasteiger partial charge in [0, 0.05) is 42.6 Å². The SMILES string of the molecule is C=C(C)C(=O)OC(CO)COCCC[Si](C)(C)O[Si](C)(C)C.C=C(C)C(=O)OC(CO)COCCC[Si](C)(O[Si](C)(C)C)O[Si](C)(C)C.C=C(C)C(=O)OC(CO)COCCC[Si](O[Si](C)(C)C)(O[Si](C)(C)C)O[Si](C)(C)C. The number of rotatable bonds is 39. The monoisotopic (exact) mass is 1270 g/mol. The third-order valence-corrected chi connectivity index (χ3v) is 37.0. The van der Waals surface area contributed by atoms with Crippen molar-refractivity contribution in [1.29, 1.82) is 0 Å². The van der Waals surface area contributed by atoms with Gasteiger partial charge in [0.25, 0.3) is 0 Å². The predicted octanol–water partition coefficient (Wildman–Crippen LogP) is 10.9. The number of carbonyl (C=O) groups is 3. The molecule has 3 unspecified atom stereocenters. The van der Waals surface area contributed by atoms with Gasteiger partial charge < -0.3 is 68.4 Å². The molecule has 0 spiro atoms. The smallest absolute Gasteiger partial charge is 0.456 e. The maximum Gasteiger partial charge on any atom is 0.469 e. The molecule has 0 rings (SSSR count). The standard InChI is InChI=1S/C19H44O7Si4.C17H38O6Si3.C15H32O5Si2/c1-17(2)19(21)23-18(15-20)16-22-13-12-14-30(24-27(3,4)5,25-28(6,7)8)26-29(9,10)11;1-15(2)17(19)21-16(13-18)14-20-11-10-12-26(9,22-24(3,4)5)23-25(6,7)8;1-13(2)15(17)19-14(11-16)12-18-9-8-10-22(6,7)20-21(3,4)5/h18,20H,1,12-16H2,2-11H3;16,18H,1,10-14H2,2-9H3;14,16H,1,8-12H2,2-7H3. The Hall–Kier alpha value is -0.898. The Morgan fingerprint density at radius 1 is 0.372 bits per heavy atom. The molecule has 462 valence electrons. The second kappa shape index (κ2) is 37.4. The highest BCUT2D eigenvalue weighted by Crippen LogP contribution is 2.30. The first-order valence-electron chi connectivity index (χ1n) is 27.4. The van der Waals surface area contributed by atoms with Crippen LogP contribution in [0.2, 0.25) is 156 Å². The number of aliphatic hydroxyl groups excluding tert-OH is 3. The third kappa shape index (κ3) is 48.6. The van der Waals surface area contributed by atoms with Gasteiger partial charge in [-0.15, -0.1) is 0 Å². The average molecular weight is 1270 g/mol. The first-order chi connectivity index (χ1) is 35.0. The van der Waals surface area contributed by atoms with E-state index in [1.54, 1.807) is 20.8 Å². The Labute approximate surface area is 483 Å². The number of ether oxygens (including phenoxy) is 6. The van der Waals surface area contributed by atoms with Crippen LogP contribution in [-0.2, 0) is 67.5 Å². The molecule has 3 atom stereocenters. The second-order valence-corrected chi connectivity index (χ2v) is 65.3. The van der Waals surface area contributed by atoms with Gasteiger partial charge in [0.05, 0.1) is 39.6 Å². The first kappa shape index (κ1) is 81.3. The molecule has 0 amide bonds. The summed E-state index contributed by atoms with van der Waals surface area (Å²) in [7, 11) is -17.3. The van der Waals surface area contributed by atoms with Gasteiger partial charge in [0.2, 0.25) is 0 Å². The molecule has 0 fully saturated rings. The fraction of sp³-hybridized carbons (Fsp3) is 0.824. The summed E-state index contributed by atoms with van der Waals surface area (Å²) in [6.07, 6.45) is 0.427. The van der Waals surface area contributed by atoms with Gasteiger partial charge in [-0.3, -0.25) is 0 Å². The van der Waals surface area contributed by atoms with Gasteiger partial charge >= 0.3 is 35.3 Å². The zero-order chi connectivity index (χ0) is 61.8. The summed E-state index contributed by atoms with van der Waals surface area (Å²) in [6, 6.07) is 2.57. The van der Waals surface area contributed by atoms with Crippen LogP contribution in [-0.4, -0.2) is 187 Å². The summed E-state index contributed by atoms with van der Waals surface area (Å²) < 4.78 is 71.1. The topological polar surface area (TPSA) is 223 Å². The van der Waals surface area contributed by atoms with Crippen molar-refractivity contribution >= 4 is 93.5 Å². The summed E-state index contributed by atoms with van der Waals surface area (Å²) in [5.74, 6) is -1.54. The van der Waals surface area contributed by atoms with E-state index in [0.717, 1.165) is 24.9 Å². The fourth-order valence-electron chi connectivity index (χ4n) is 7.17. The minimum Gasteiger partial charge on any atom is -0.456 e. The quantitative estimate of drug-likeness (QED) is 0.0171. The van der Waals surface area contributed by atoms with Gasteiger partial charge in [0.15, 0.2) is 58.2 Å². The highest BCUT2D eigenvalue weighted by atomic mass is 28.5. The lowest BCUT2D eigenvalue weighted by atomic mass is 10.3. The van der Waals surface area contributed by atoms with E-state index in [1.165, 1.54) is 0 Å². The molecule has 0 aliphatic heterocycles. The van der Waals surface area contributed by atoms with Gasteiger partial charge in [-0.05, 0) is 190 Å². The summed E-state index contributed by atoms with van der Waals surface area (Å²) in [5.41, 5.74) is 0.909. The Morgan fingerprint density at radius 3 is 0.846 bits per heavy atom. The molecule has 27 heteroatoms. The minimum atomic E-state index is -2.87. The summed E-state index contributed by atoms with van der Waals surface area (Å²) in [6.45, 7) is 62.3. The highest BCUT2D eigenvalue weighted by molar-refractivity contribution is 6.90. The molecule has 0 heterocycles. The summed E-state index contributed by atoms with van der Waals surface area (Å²) >= 11 is 0. The van der Waals surface area contributed by atoms with E-state index in [2.05, 4.69) is 157 Å². The van der Waals surface area contributed by atoms with Crippen LogP contribution in [0.1, 0.15) is 40.0 Å². The lowest BCUT2D eigenvalue weighted by molar-refractivity contribution is -0.150. The maximum absolute atomic E-state index is 11.6. The predicted molar refractivity (Wildman–Crippen MR) is 338 cm³/mol. The van der Waals surface area contributed by atoms with Crippen molar-refractivity contribution in [2.75, 3.05) is 59.5 Å². The molecule has 0 aromatic heterocycles. The maximum atomic E-state index is 11.6. The van der Waals surface area contributed by atoms with Crippen LogP contribution >= 0.6 is 0 Å². The van der Waals surface area contributed by atoms with Crippen LogP contribution in [0.5, 0.6) is 0 Å². The van der Waals surface area contributed by atoms with Gasteiger partial charge in [0.1, 0.15) is 18.3 Å². The zero-order valence-corrected chi connectivity index (χ0v) is 62.4. The van der Waals surface area contributed by atoms with E-state index < -0.39 is 112 Å². The molecule has 18 nitrogen and oxygen atoms in total. The van der Waals surface area contributed by atoms with E-state index in [1.807, 2.05) is 0 Å². The molecule has 0 saturated carbocycles. The molecule has 0 aliphatic rings. The summed E-state index contributed by atoms with van der Waals surface area (Å²) in [4.78, 5) is 34.5. The van der Waals surface area contributed by atoms with Crippen LogP contribution in [0.15, 0.2) is 36.5 Å². The van der Waals surface area contributed by atoms with Crippen molar-refractivity contribution in [3.63, 3.8) is 0 Å². The Morgan fingerprint density at radius 2 is 0.615 bits per heavy atom. The number of hydrogen-bond acceptors (Lipinski definition) is 18. The lowest BCUT2D eigenvalue weighted by Crippen LogP contribution is -2.60. The van der Waals surface area contributed by atoms with Crippen LogP contribution in [0.3, 0.4) is 0 Å². The van der Waals surface area contributed by atoms with E-state index in [0.29, 0.717) is 49.0 Å². The zero-order valence-electron chi connectivity index (χ0n) is 53.4. The van der Waals surface area contributed by atoms with Crippen molar-refractivity contribution in [3.05, 3.63) is 36.5 Å². The minimum absolute atomic E-state index is 0.128. The molecule has 0 aromatic carbocycles. The summed E-state index contributed by atoms with van der Waals surface area (Å²) in [5, 5.41) is 27.9. The molecule has 0 aliphatic carbocycles. The van der Waals surface area contributed by atoms with Crippen molar-refractivity contribution in [3.8, 4) is 0 Å². The van der Waals surface area contributed by atoms with Crippen molar-refractivity contribution in [2.45, 2.75) is 214 Å². The molecular formula is C51H114O18Si9. The third-order valence-electron chi connectivity index (χ3n) is 9.16. The van der Waals surface area contributed by atoms with Crippen molar-refractivity contribution in [1.82, 2.24) is 0 Å². The average Bonchev–Trinajstić information content (AvgIpc) is 3.20. The fourth-order valence-corrected chi connectivity index (χ4v) is 42.3. The van der Waals surface area contributed by atoms with E-state index in [-0.39, 0.29) is 39.6 Å². The molecule has 0 bridgehead atoms. The lowest BCUT2D eigenvalue weighted by Gasteiger charge is -2.42. The normalized spacial score (nSPS) is 14.2. The van der Waals surface area contributed by atoms with Crippen LogP contribution in [0.25, 0.3) is 0 Å². The Balaban J connectivity index is -0.00000109. The van der Waals surface area contributed by atoms with E-state index in [9.17, 15) is 29.7 Å².